The standard InChI is InChI=1S/C14H12Cl2O2/c15-12-3-1-2-11(6-12)9-18-14-5-4-10(8-17)7-13(14)16/h1-7,17H,8-9H2. The lowest BCUT2D eigenvalue weighted by Crippen LogP contribution is -1.96. The van der Waals surface area contributed by atoms with Gasteiger partial charge in [0.25, 0.3) is 0 Å². The summed E-state index contributed by atoms with van der Waals surface area (Å²) in [5.74, 6) is 0.592. The third kappa shape index (κ3) is 3.39. The Morgan fingerprint density at radius 1 is 1.00 bits per heavy atom. The van der Waals surface area contributed by atoms with Gasteiger partial charge in [-0.1, -0.05) is 41.4 Å². The minimum Gasteiger partial charge on any atom is -0.487 e. The number of hydrogen-bond donors (Lipinski definition) is 1. The summed E-state index contributed by atoms with van der Waals surface area (Å²) < 4.78 is 5.61. The SMILES string of the molecule is OCc1ccc(OCc2cccc(Cl)c2)c(Cl)c1. The lowest BCUT2D eigenvalue weighted by Gasteiger charge is -2.09. The second-order valence-electron chi connectivity index (χ2n) is 3.84. The van der Waals surface area contributed by atoms with E-state index in [4.69, 9.17) is 33.0 Å². The Balaban J connectivity index is 2.06. The molecule has 0 aliphatic rings. The molecule has 0 aromatic heterocycles. The van der Waals surface area contributed by atoms with Crippen LogP contribution in [-0.4, -0.2) is 5.11 Å². The number of aliphatic hydroxyl groups is 1. The summed E-state index contributed by atoms with van der Waals surface area (Å²) >= 11 is 11.9. The Labute approximate surface area is 116 Å². The fraction of sp³-hybridized carbons (Fsp3) is 0.143. The molecule has 0 heterocycles. The Morgan fingerprint density at radius 2 is 1.83 bits per heavy atom. The molecule has 1 N–H and O–H groups in total. The van der Waals surface area contributed by atoms with E-state index in [-0.39, 0.29) is 6.61 Å². The number of halogens is 2. The highest BCUT2D eigenvalue weighted by molar-refractivity contribution is 6.32. The van der Waals surface area contributed by atoms with Gasteiger partial charge < -0.3 is 9.84 Å². The second kappa shape index (κ2) is 6.10. The maximum Gasteiger partial charge on any atom is 0.138 e. The van der Waals surface area contributed by atoms with E-state index in [0.717, 1.165) is 11.1 Å². The zero-order valence-electron chi connectivity index (χ0n) is 9.57. The Hall–Kier alpha value is -1.22. The highest BCUT2D eigenvalue weighted by Gasteiger charge is 2.03. The zero-order chi connectivity index (χ0) is 13.0. The number of ether oxygens (including phenoxy) is 1. The minimum absolute atomic E-state index is 0.0334. The van der Waals surface area contributed by atoms with Gasteiger partial charge in [-0.25, -0.2) is 0 Å². The van der Waals surface area contributed by atoms with Crippen LogP contribution in [0.5, 0.6) is 5.75 Å². The molecule has 2 nitrogen and oxygen atoms in total. The minimum atomic E-state index is -0.0334. The first-order valence-corrected chi connectivity index (χ1v) is 6.21. The highest BCUT2D eigenvalue weighted by Crippen LogP contribution is 2.26. The van der Waals surface area contributed by atoms with Crippen molar-refractivity contribution in [2.24, 2.45) is 0 Å². The monoisotopic (exact) mass is 282 g/mol. The molecule has 18 heavy (non-hydrogen) atoms. The van der Waals surface area contributed by atoms with Crippen molar-refractivity contribution >= 4 is 23.2 Å². The third-order valence-corrected chi connectivity index (χ3v) is 2.99. The molecule has 0 radical (unpaired) electrons. The van der Waals surface area contributed by atoms with Gasteiger partial charge in [0.2, 0.25) is 0 Å². The molecule has 0 aliphatic carbocycles. The van der Waals surface area contributed by atoms with E-state index in [0.29, 0.717) is 22.4 Å². The molecule has 0 spiro atoms. The summed E-state index contributed by atoms with van der Waals surface area (Å²) in [5, 5.41) is 10.1. The second-order valence-corrected chi connectivity index (χ2v) is 4.69. The van der Waals surface area contributed by atoms with Crippen LogP contribution in [0.3, 0.4) is 0 Å². The van der Waals surface area contributed by atoms with Gasteiger partial charge in [0, 0.05) is 5.02 Å². The summed E-state index contributed by atoms with van der Waals surface area (Å²) in [6, 6.07) is 12.7. The fourth-order valence-corrected chi connectivity index (χ4v) is 2.02. The van der Waals surface area contributed by atoms with Crippen LogP contribution in [-0.2, 0) is 13.2 Å². The molecule has 0 bridgehead atoms. The first-order chi connectivity index (χ1) is 8.69. The molecular weight excluding hydrogens is 271 g/mol. The topological polar surface area (TPSA) is 29.5 Å². The van der Waals surface area contributed by atoms with E-state index in [1.165, 1.54) is 0 Å². The van der Waals surface area contributed by atoms with E-state index in [2.05, 4.69) is 0 Å². The van der Waals surface area contributed by atoms with Crippen molar-refractivity contribution in [3.05, 3.63) is 63.6 Å². The predicted octanol–water partition coefficient (Wildman–Crippen LogP) is 4.06. The van der Waals surface area contributed by atoms with Gasteiger partial charge in [-0.2, -0.15) is 0 Å². The largest absolute Gasteiger partial charge is 0.487 e. The summed E-state index contributed by atoms with van der Waals surface area (Å²) in [6.45, 7) is 0.368. The van der Waals surface area contributed by atoms with Crippen molar-refractivity contribution < 1.29 is 9.84 Å². The first-order valence-electron chi connectivity index (χ1n) is 5.45. The van der Waals surface area contributed by atoms with Gasteiger partial charge >= 0.3 is 0 Å². The van der Waals surface area contributed by atoms with Crippen molar-refractivity contribution in [2.75, 3.05) is 0 Å². The van der Waals surface area contributed by atoms with Crippen molar-refractivity contribution in [3.63, 3.8) is 0 Å². The molecule has 94 valence electrons. The maximum absolute atomic E-state index is 8.98. The summed E-state index contributed by atoms with van der Waals surface area (Å²) in [5.41, 5.74) is 1.74. The van der Waals surface area contributed by atoms with Crippen molar-refractivity contribution in [2.45, 2.75) is 13.2 Å². The van der Waals surface area contributed by atoms with Gasteiger partial charge in [-0.15, -0.1) is 0 Å². The van der Waals surface area contributed by atoms with Crippen LogP contribution in [0.25, 0.3) is 0 Å². The van der Waals surface area contributed by atoms with Gasteiger partial charge in [0.05, 0.1) is 11.6 Å². The summed E-state index contributed by atoms with van der Waals surface area (Å²) in [7, 11) is 0. The van der Waals surface area contributed by atoms with Crippen LogP contribution >= 0.6 is 23.2 Å². The smallest absolute Gasteiger partial charge is 0.138 e. The molecule has 0 fully saturated rings. The van der Waals surface area contributed by atoms with Gasteiger partial charge in [-0.05, 0) is 35.4 Å². The van der Waals surface area contributed by atoms with Crippen LogP contribution in [0.15, 0.2) is 42.5 Å². The summed E-state index contributed by atoms with van der Waals surface area (Å²) in [6.07, 6.45) is 0. The van der Waals surface area contributed by atoms with Gasteiger partial charge in [0.15, 0.2) is 0 Å². The normalized spacial score (nSPS) is 10.4. The van der Waals surface area contributed by atoms with E-state index in [1.807, 2.05) is 24.3 Å². The number of benzene rings is 2. The molecule has 2 aromatic rings. The third-order valence-electron chi connectivity index (χ3n) is 2.46. The van der Waals surface area contributed by atoms with E-state index in [1.54, 1.807) is 18.2 Å². The van der Waals surface area contributed by atoms with Gasteiger partial charge in [0.1, 0.15) is 12.4 Å². The van der Waals surface area contributed by atoms with Gasteiger partial charge in [-0.3, -0.25) is 0 Å². The van der Waals surface area contributed by atoms with Crippen molar-refractivity contribution in [3.8, 4) is 5.75 Å². The molecule has 2 rings (SSSR count). The molecule has 0 saturated heterocycles. The summed E-state index contributed by atoms with van der Waals surface area (Å²) in [4.78, 5) is 0. The van der Waals surface area contributed by atoms with Crippen LogP contribution in [0, 0.1) is 0 Å². The molecule has 2 aromatic carbocycles. The molecule has 4 heteroatoms. The van der Waals surface area contributed by atoms with Crippen LogP contribution < -0.4 is 4.74 Å². The average Bonchev–Trinajstić information content (AvgIpc) is 2.37. The quantitative estimate of drug-likeness (QED) is 0.916. The molecule has 0 saturated carbocycles. The molecular formula is C14H12Cl2O2. The highest BCUT2D eigenvalue weighted by atomic mass is 35.5. The molecule has 0 atom stereocenters. The predicted molar refractivity (Wildman–Crippen MR) is 73.2 cm³/mol. The molecule has 0 aliphatic heterocycles. The number of aliphatic hydroxyl groups excluding tert-OH is 1. The Bertz CT molecular complexity index is 541. The van der Waals surface area contributed by atoms with E-state index < -0.39 is 0 Å². The maximum atomic E-state index is 8.98. The Kier molecular flexibility index (Phi) is 4.48. The lowest BCUT2D eigenvalue weighted by atomic mass is 10.2. The van der Waals surface area contributed by atoms with Crippen LogP contribution in [0.2, 0.25) is 10.0 Å². The van der Waals surface area contributed by atoms with Crippen molar-refractivity contribution in [1.82, 2.24) is 0 Å². The van der Waals surface area contributed by atoms with E-state index in [9.17, 15) is 0 Å². The van der Waals surface area contributed by atoms with Crippen LogP contribution in [0.4, 0.5) is 0 Å². The van der Waals surface area contributed by atoms with Crippen LogP contribution in [0.1, 0.15) is 11.1 Å². The number of rotatable bonds is 4. The number of hydrogen-bond acceptors (Lipinski definition) is 2. The fourth-order valence-electron chi connectivity index (χ4n) is 1.55. The molecule has 0 amide bonds. The zero-order valence-corrected chi connectivity index (χ0v) is 11.1. The molecule has 0 unspecified atom stereocenters. The first kappa shape index (κ1) is 13.2. The van der Waals surface area contributed by atoms with Crippen molar-refractivity contribution in [1.29, 1.82) is 0 Å². The Morgan fingerprint density at radius 3 is 2.50 bits per heavy atom. The van der Waals surface area contributed by atoms with E-state index >= 15 is 0 Å². The average molecular weight is 283 g/mol. The lowest BCUT2D eigenvalue weighted by molar-refractivity contribution is 0.281.